The molecule has 0 aliphatic carbocycles. The van der Waals surface area contributed by atoms with E-state index in [9.17, 15) is 4.79 Å². The maximum absolute atomic E-state index is 12.4. The first kappa shape index (κ1) is 14.8. The van der Waals surface area contributed by atoms with Crippen molar-refractivity contribution >= 4 is 5.91 Å². The van der Waals surface area contributed by atoms with Crippen molar-refractivity contribution in [2.45, 2.75) is 0 Å². The van der Waals surface area contributed by atoms with Crippen LogP contribution in [0, 0.1) is 0 Å². The second-order valence-electron chi connectivity index (χ2n) is 4.73. The molecule has 0 aromatic heterocycles. The number of benzene rings is 2. The van der Waals surface area contributed by atoms with Gasteiger partial charge in [0.05, 0.1) is 0 Å². The molecule has 0 bridgehead atoms. The van der Waals surface area contributed by atoms with Gasteiger partial charge in [0.15, 0.2) is 0 Å². The molecule has 21 heavy (non-hydrogen) atoms. The summed E-state index contributed by atoms with van der Waals surface area (Å²) in [7, 11) is 0. The molecule has 106 valence electrons. The summed E-state index contributed by atoms with van der Waals surface area (Å²) in [6, 6.07) is 17.8. The molecule has 1 amide bonds. The zero-order valence-corrected chi connectivity index (χ0v) is 12.0. The molecule has 0 aliphatic heterocycles. The van der Waals surface area contributed by atoms with Gasteiger partial charge < -0.3 is 4.90 Å². The van der Waals surface area contributed by atoms with Crippen molar-refractivity contribution in [1.82, 2.24) is 4.90 Å². The third kappa shape index (κ3) is 3.69. The number of hydrogen-bond acceptors (Lipinski definition) is 1. The lowest BCUT2D eigenvalue weighted by Gasteiger charge is -2.19. The zero-order chi connectivity index (χ0) is 15.1. The highest BCUT2D eigenvalue weighted by molar-refractivity contribution is 5.95. The Hall–Kier alpha value is -2.61. The van der Waals surface area contributed by atoms with E-state index in [-0.39, 0.29) is 5.91 Å². The van der Waals surface area contributed by atoms with Crippen molar-refractivity contribution in [2.24, 2.45) is 0 Å². The van der Waals surface area contributed by atoms with Crippen molar-refractivity contribution in [2.75, 3.05) is 13.1 Å². The van der Waals surface area contributed by atoms with Crippen LogP contribution < -0.4 is 0 Å². The van der Waals surface area contributed by atoms with Gasteiger partial charge in [-0.05, 0) is 23.3 Å². The fraction of sp³-hybridized carbons (Fsp3) is 0.105. The Morgan fingerprint density at radius 3 is 1.90 bits per heavy atom. The van der Waals surface area contributed by atoms with Crippen LogP contribution in [-0.2, 0) is 0 Å². The van der Waals surface area contributed by atoms with E-state index in [1.807, 2.05) is 42.5 Å². The third-order valence-electron chi connectivity index (χ3n) is 3.23. The summed E-state index contributed by atoms with van der Waals surface area (Å²) in [4.78, 5) is 14.1. The third-order valence-corrected chi connectivity index (χ3v) is 3.23. The summed E-state index contributed by atoms with van der Waals surface area (Å²) >= 11 is 0. The molecule has 0 radical (unpaired) electrons. The molecule has 0 atom stereocenters. The van der Waals surface area contributed by atoms with E-state index >= 15 is 0 Å². The largest absolute Gasteiger partial charge is 0.331 e. The van der Waals surface area contributed by atoms with Gasteiger partial charge >= 0.3 is 0 Å². The Bertz CT molecular complexity index is 604. The second kappa shape index (κ2) is 7.25. The number of amides is 1. The predicted molar refractivity (Wildman–Crippen MR) is 88.2 cm³/mol. The Kier molecular flexibility index (Phi) is 5.10. The van der Waals surface area contributed by atoms with Crippen molar-refractivity contribution in [1.29, 1.82) is 0 Å². The summed E-state index contributed by atoms with van der Waals surface area (Å²) in [6.45, 7) is 8.41. The first-order valence-corrected chi connectivity index (χ1v) is 6.93. The average Bonchev–Trinajstić information content (AvgIpc) is 2.55. The Balaban J connectivity index is 2.20. The van der Waals surface area contributed by atoms with Gasteiger partial charge in [0.1, 0.15) is 0 Å². The molecule has 0 aliphatic rings. The monoisotopic (exact) mass is 277 g/mol. The molecular formula is C19H19NO. The number of hydrogen-bond donors (Lipinski definition) is 0. The van der Waals surface area contributed by atoms with Crippen LogP contribution in [0.4, 0.5) is 0 Å². The van der Waals surface area contributed by atoms with Crippen LogP contribution in [0.15, 0.2) is 79.9 Å². The first-order chi connectivity index (χ1) is 10.3. The van der Waals surface area contributed by atoms with Crippen molar-refractivity contribution < 1.29 is 4.79 Å². The van der Waals surface area contributed by atoms with Gasteiger partial charge in [-0.25, -0.2) is 0 Å². The zero-order valence-electron chi connectivity index (χ0n) is 12.0. The topological polar surface area (TPSA) is 20.3 Å². The summed E-state index contributed by atoms with van der Waals surface area (Å²) in [6.07, 6.45) is 3.44. The average molecular weight is 277 g/mol. The Morgan fingerprint density at radius 1 is 0.857 bits per heavy atom. The Morgan fingerprint density at radius 2 is 1.38 bits per heavy atom. The molecule has 0 unspecified atom stereocenters. The minimum Gasteiger partial charge on any atom is -0.331 e. The van der Waals surface area contributed by atoms with Crippen LogP contribution in [0.2, 0.25) is 0 Å². The van der Waals surface area contributed by atoms with Crippen molar-refractivity contribution in [3.63, 3.8) is 0 Å². The predicted octanol–water partition coefficient (Wildman–Crippen LogP) is 4.17. The molecule has 2 nitrogen and oxygen atoms in total. The second-order valence-corrected chi connectivity index (χ2v) is 4.73. The molecule has 2 rings (SSSR count). The summed E-state index contributed by atoms with van der Waals surface area (Å²) in [5.74, 6) is -0.00517. The summed E-state index contributed by atoms with van der Waals surface area (Å²) in [5.41, 5.74) is 2.93. The van der Waals surface area contributed by atoms with Crippen molar-refractivity contribution in [3.8, 4) is 11.1 Å². The highest BCUT2D eigenvalue weighted by Crippen LogP contribution is 2.19. The van der Waals surface area contributed by atoms with Gasteiger partial charge in [-0.3, -0.25) is 4.79 Å². The standard InChI is InChI=1S/C19H19NO/c1-3-14-20(15-4-2)19(21)18-12-10-17(11-13-18)16-8-6-5-7-9-16/h3-13H,1-2,14-15H2. The molecule has 0 saturated carbocycles. The molecule has 0 saturated heterocycles. The quantitative estimate of drug-likeness (QED) is 0.726. The summed E-state index contributed by atoms with van der Waals surface area (Å²) in [5, 5.41) is 0. The first-order valence-electron chi connectivity index (χ1n) is 6.93. The molecule has 2 heteroatoms. The normalized spacial score (nSPS) is 9.90. The molecule has 0 N–H and O–H groups in total. The minimum atomic E-state index is -0.00517. The SMILES string of the molecule is C=CCN(CC=C)C(=O)c1ccc(-c2ccccc2)cc1. The van der Waals surface area contributed by atoms with E-state index in [4.69, 9.17) is 0 Å². The van der Waals surface area contributed by atoms with E-state index in [2.05, 4.69) is 25.3 Å². The lowest BCUT2D eigenvalue weighted by molar-refractivity contribution is 0.0791. The highest BCUT2D eigenvalue weighted by Gasteiger charge is 2.13. The van der Waals surface area contributed by atoms with Crippen LogP contribution in [0.3, 0.4) is 0 Å². The van der Waals surface area contributed by atoms with Gasteiger partial charge in [0.25, 0.3) is 5.91 Å². The van der Waals surface area contributed by atoms with Crippen LogP contribution in [0.25, 0.3) is 11.1 Å². The number of rotatable bonds is 6. The fourth-order valence-corrected chi connectivity index (χ4v) is 2.17. The van der Waals surface area contributed by atoms with E-state index < -0.39 is 0 Å². The molecule has 0 heterocycles. The van der Waals surface area contributed by atoms with Gasteiger partial charge in [0.2, 0.25) is 0 Å². The van der Waals surface area contributed by atoms with Crippen LogP contribution >= 0.6 is 0 Å². The summed E-state index contributed by atoms with van der Waals surface area (Å²) < 4.78 is 0. The lowest BCUT2D eigenvalue weighted by atomic mass is 10.0. The van der Waals surface area contributed by atoms with Crippen LogP contribution in [0.5, 0.6) is 0 Å². The molecular weight excluding hydrogens is 258 g/mol. The number of nitrogens with zero attached hydrogens (tertiary/aromatic N) is 1. The van der Waals surface area contributed by atoms with Gasteiger partial charge in [-0.2, -0.15) is 0 Å². The van der Waals surface area contributed by atoms with Gasteiger partial charge in [-0.15, -0.1) is 13.2 Å². The molecule has 0 fully saturated rings. The number of carbonyl (C=O) groups excluding carboxylic acids is 1. The van der Waals surface area contributed by atoms with E-state index in [0.29, 0.717) is 18.7 Å². The van der Waals surface area contributed by atoms with E-state index in [0.717, 1.165) is 11.1 Å². The maximum atomic E-state index is 12.4. The molecule has 0 spiro atoms. The highest BCUT2D eigenvalue weighted by atomic mass is 16.2. The fourth-order valence-electron chi connectivity index (χ4n) is 2.17. The van der Waals surface area contributed by atoms with E-state index in [1.165, 1.54) is 0 Å². The van der Waals surface area contributed by atoms with E-state index in [1.54, 1.807) is 17.1 Å². The lowest BCUT2D eigenvalue weighted by Crippen LogP contribution is -2.31. The Labute approximate surface area is 126 Å². The van der Waals surface area contributed by atoms with Crippen LogP contribution in [0.1, 0.15) is 10.4 Å². The van der Waals surface area contributed by atoms with Gasteiger partial charge in [0, 0.05) is 18.7 Å². The van der Waals surface area contributed by atoms with Crippen molar-refractivity contribution in [3.05, 3.63) is 85.5 Å². The number of carbonyl (C=O) groups is 1. The van der Waals surface area contributed by atoms with Gasteiger partial charge in [-0.1, -0.05) is 54.6 Å². The minimum absolute atomic E-state index is 0.00517. The van der Waals surface area contributed by atoms with Crippen LogP contribution in [-0.4, -0.2) is 23.9 Å². The smallest absolute Gasteiger partial charge is 0.254 e. The maximum Gasteiger partial charge on any atom is 0.254 e. The molecule has 2 aromatic rings. The molecule has 2 aromatic carbocycles.